The number of aromatic nitrogens is 2. The molecule has 0 unspecified atom stereocenters. The minimum atomic E-state index is -0.0841. The molecule has 5 rings (SSSR count). The third kappa shape index (κ3) is 3.66. The van der Waals surface area contributed by atoms with Gasteiger partial charge in [0, 0.05) is 31.0 Å². The third-order valence-electron chi connectivity index (χ3n) is 6.04. The van der Waals surface area contributed by atoms with Crippen molar-refractivity contribution in [1.82, 2.24) is 19.4 Å². The second-order valence-electron chi connectivity index (χ2n) is 7.89. The van der Waals surface area contributed by atoms with E-state index in [-0.39, 0.29) is 18.1 Å². The molecule has 2 fully saturated rings. The average Bonchev–Trinajstić information content (AvgIpc) is 3.45. The van der Waals surface area contributed by atoms with E-state index in [1.165, 1.54) is 12.8 Å². The highest BCUT2D eigenvalue weighted by atomic mass is 16.5. The molecular formula is C23H26N4O2. The summed E-state index contributed by atoms with van der Waals surface area (Å²) in [6, 6.07) is 15.9. The van der Waals surface area contributed by atoms with Gasteiger partial charge in [0.05, 0.1) is 24.3 Å². The van der Waals surface area contributed by atoms with E-state index in [9.17, 15) is 4.79 Å². The lowest BCUT2D eigenvalue weighted by Gasteiger charge is -2.42. The molecule has 0 spiro atoms. The zero-order chi connectivity index (χ0) is 19.6. The fraction of sp³-hybridized carbons (Fsp3) is 0.391. The van der Waals surface area contributed by atoms with Crippen molar-refractivity contribution >= 4 is 11.4 Å². The van der Waals surface area contributed by atoms with Crippen molar-refractivity contribution in [3.63, 3.8) is 0 Å². The molecule has 1 amide bonds. The van der Waals surface area contributed by atoms with Gasteiger partial charge >= 0.3 is 0 Å². The Labute approximate surface area is 170 Å². The van der Waals surface area contributed by atoms with Crippen LogP contribution in [0.15, 0.2) is 60.9 Å². The molecule has 2 saturated heterocycles. The number of morpholine rings is 1. The lowest BCUT2D eigenvalue weighted by atomic mass is 9.96. The van der Waals surface area contributed by atoms with Gasteiger partial charge in [0.15, 0.2) is 0 Å². The molecule has 2 atom stereocenters. The van der Waals surface area contributed by atoms with E-state index < -0.39 is 0 Å². The smallest absolute Gasteiger partial charge is 0.254 e. The van der Waals surface area contributed by atoms with Crippen LogP contribution in [0.2, 0.25) is 0 Å². The number of fused-ring (bicyclic) bond motifs is 1. The number of carbonyl (C=O) groups excluding carboxylic acids is 1. The molecule has 0 saturated carbocycles. The zero-order valence-electron chi connectivity index (χ0n) is 16.5. The maximum Gasteiger partial charge on any atom is 0.254 e. The molecule has 0 bridgehead atoms. The van der Waals surface area contributed by atoms with Crippen LogP contribution in [0.5, 0.6) is 0 Å². The van der Waals surface area contributed by atoms with Crippen molar-refractivity contribution in [3.05, 3.63) is 72.1 Å². The van der Waals surface area contributed by atoms with E-state index in [4.69, 9.17) is 4.74 Å². The van der Waals surface area contributed by atoms with Crippen molar-refractivity contribution in [3.8, 4) is 0 Å². The number of benzene rings is 1. The number of hydrogen-bond acceptors (Lipinski definition) is 4. The summed E-state index contributed by atoms with van der Waals surface area (Å²) in [7, 11) is 0. The summed E-state index contributed by atoms with van der Waals surface area (Å²) in [5, 5.41) is 4.23. The number of pyridine rings is 1. The number of ether oxygens (including phenoxy) is 1. The number of likely N-dealkylation sites (tertiary alicyclic amines) is 1. The van der Waals surface area contributed by atoms with Gasteiger partial charge in [-0.3, -0.25) is 4.79 Å². The minimum Gasteiger partial charge on any atom is -0.373 e. The topological polar surface area (TPSA) is 50.1 Å². The number of carbonyl (C=O) groups is 1. The van der Waals surface area contributed by atoms with E-state index in [2.05, 4.69) is 22.1 Å². The molecule has 2 aromatic heterocycles. The normalized spacial score (nSPS) is 23.0. The van der Waals surface area contributed by atoms with Gasteiger partial charge in [-0.25, -0.2) is 4.52 Å². The first-order valence-electron chi connectivity index (χ1n) is 10.4. The number of amides is 1. The van der Waals surface area contributed by atoms with Crippen LogP contribution in [0.4, 0.5) is 0 Å². The molecular weight excluding hydrogens is 364 g/mol. The van der Waals surface area contributed by atoms with E-state index in [1.54, 1.807) is 10.7 Å². The molecule has 0 aliphatic carbocycles. The Balaban J connectivity index is 1.47. The molecule has 4 heterocycles. The number of hydrogen-bond donors (Lipinski definition) is 0. The number of rotatable bonds is 4. The van der Waals surface area contributed by atoms with Gasteiger partial charge in [-0.15, -0.1) is 0 Å². The van der Waals surface area contributed by atoms with E-state index in [0.717, 1.165) is 30.7 Å². The van der Waals surface area contributed by atoms with Gasteiger partial charge in [-0.1, -0.05) is 30.3 Å². The Hall–Kier alpha value is -2.70. The standard InChI is InChI=1S/C23H26N4O2/c28-23(19-9-13-27-20(16-19)8-10-24-27)26-14-15-29-21(17-25-11-4-5-12-25)22(26)18-6-2-1-3-7-18/h1-3,6-10,13,16,21-22H,4-5,11-12,14-15,17H2/t21-,22-/m0/s1. The molecule has 1 aromatic carbocycles. The summed E-state index contributed by atoms with van der Waals surface area (Å²) in [5.41, 5.74) is 2.75. The molecule has 6 nitrogen and oxygen atoms in total. The maximum absolute atomic E-state index is 13.6. The van der Waals surface area contributed by atoms with Gasteiger partial charge in [0.25, 0.3) is 5.91 Å². The fourth-order valence-electron chi connectivity index (χ4n) is 4.60. The van der Waals surface area contributed by atoms with Crippen LogP contribution >= 0.6 is 0 Å². The van der Waals surface area contributed by atoms with Crippen molar-refractivity contribution in [2.24, 2.45) is 0 Å². The highest BCUT2D eigenvalue weighted by Gasteiger charge is 2.38. The van der Waals surface area contributed by atoms with Crippen LogP contribution in [0.25, 0.3) is 5.52 Å². The monoisotopic (exact) mass is 390 g/mol. The molecule has 6 heteroatoms. The van der Waals surface area contributed by atoms with Crippen LogP contribution < -0.4 is 0 Å². The van der Waals surface area contributed by atoms with Gasteiger partial charge in [-0.05, 0) is 49.7 Å². The summed E-state index contributed by atoms with van der Waals surface area (Å²) in [6.45, 7) is 4.27. The minimum absolute atomic E-state index is 0.0214. The van der Waals surface area contributed by atoms with Crippen LogP contribution in [0, 0.1) is 0 Å². The highest BCUT2D eigenvalue weighted by molar-refractivity contribution is 5.95. The van der Waals surface area contributed by atoms with Gasteiger partial charge in [0.2, 0.25) is 0 Å². The van der Waals surface area contributed by atoms with Crippen LogP contribution in [0.3, 0.4) is 0 Å². The SMILES string of the molecule is O=C(c1ccn2nccc2c1)N1CCO[C@@H](CN2CCCC2)[C@@H]1c1ccccc1. The Kier molecular flexibility index (Phi) is 5.04. The molecule has 2 aliphatic rings. The first kappa shape index (κ1) is 18.3. The van der Waals surface area contributed by atoms with E-state index >= 15 is 0 Å². The predicted octanol–water partition coefficient (Wildman–Crippen LogP) is 3.01. The molecule has 3 aromatic rings. The molecule has 0 radical (unpaired) electrons. The van der Waals surface area contributed by atoms with Crippen molar-refractivity contribution in [1.29, 1.82) is 0 Å². The lowest BCUT2D eigenvalue weighted by Crippen LogP contribution is -2.51. The quantitative estimate of drug-likeness (QED) is 0.687. The largest absolute Gasteiger partial charge is 0.373 e. The van der Waals surface area contributed by atoms with E-state index in [1.807, 2.05) is 47.5 Å². The Morgan fingerprint density at radius 1 is 1.07 bits per heavy atom. The van der Waals surface area contributed by atoms with Crippen molar-refractivity contribution in [2.45, 2.75) is 25.0 Å². The summed E-state index contributed by atoms with van der Waals surface area (Å²) in [6.07, 6.45) is 6.07. The van der Waals surface area contributed by atoms with Crippen LogP contribution in [0.1, 0.15) is 34.8 Å². The molecule has 150 valence electrons. The zero-order valence-corrected chi connectivity index (χ0v) is 16.5. The van der Waals surface area contributed by atoms with Gasteiger partial charge in [-0.2, -0.15) is 5.10 Å². The Morgan fingerprint density at radius 2 is 1.90 bits per heavy atom. The maximum atomic E-state index is 13.6. The Morgan fingerprint density at radius 3 is 2.72 bits per heavy atom. The van der Waals surface area contributed by atoms with E-state index in [0.29, 0.717) is 18.7 Å². The third-order valence-corrected chi connectivity index (χ3v) is 6.04. The van der Waals surface area contributed by atoms with Crippen LogP contribution in [-0.2, 0) is 4.74 Å². The summed E-state index contributed by atoms with van der Waals surface area (Å²) < 4.78 is 8.01. The highest BCUT2D eigenvalue weighted by Crippen LogP contribution is 2.32. The average molecular weight is 390 g/mol. The second kappa shape index (κ2) is 7.97. The summed E-state index contributed by atoms with van der Waals surface area (Å²) in [4.78, 5) is 18.0. The van der Waals surface area contributed by atoms with Crippen LogP contribution in [-0.4, -0.2) is 64.2 Å². The number of nitrogens with zero attached hydrogens (tertiary/aromatic N) is 4. The second-order valence-corrected chi connectivity index (χ2v) is 7.89. The summed E-state index contributed by atoms with van der Waals surface area (Å²) >= 11 is 0. The first-order chi connectivity index (χ1) is 14.3. The molecule has 29 heavy (non-hydrogen) atoms. The van der Waals surface area contributed by atoms with Crippen molar-refractivity contribution < 1.29 is 9.53 Å². The predicted molar refractivity (Wildman–Crippen MR) is 111 cm³/mol. The lowest BCUT2D eigenvalue weighted by molar-refractivity contribution is -0.0707. The fourth-order valence-corrected chi connectivity index (χ4v) is 4.60. The van der Waals surface area contributed by atoms with Crippen molar-refractivity contribution in [2.75, 3.05) is 32.8 Å². The Bertz CT molecular complexity index is 981. The summed E-state index contributed by atoms with van der Waals surface area (Å²) in [5.74, 6) is 0.0530. The molecule has 2 aliphatic heterocycles. The van der Waals surface area contributed by atoms with Gasteiger partial charge < -0.3 is 14.5 Å². The van der Waals surface area contributed by atoms with Gasteiger partial charge in [0.1, 0.15) is 0 Å². The first-order valence-corrected chi connectivity index (χ1v) is 10.4. The molecule has 0 N–H and O–H groups in total.